The van der Waals surface area contributed by atoms with Crippen LogP contribution in [0.15, 0.2) is 29.8 Å². The molecule has 4 nitrogen and oxygen atoms in total. The Morgan fingerprint density at radius 1 is 0.923 bits per heavy atom. The van der Waals surface area contributed by atoms with Gasteiger partial charge in [0.2, 0.25) is 17.3 Å². The first-order valence-electron chi connectivity index (χ1n) is 7.85. The van der Waals surface area contributed by atoms with Gasteiger partial charge in [0, 0.05) is 10.6 Å². The van der Waals surface area contributed by atoms with Gasteiger partial charge in [-0.05, 0) is 30.5 Å². The van der Waals surface area contributed by atoms with E-state index in [2.05, 4.69) is 0 Å². The maximum Gasteiger partial charge on any atom is 0.253 e. The van der Waals surface area contributed by atoms with Crippen molar-refractivity contribution in [2.24, 2.45) is 5.41 Å². The third-order valence-corrected chi connectivity index (χ3v) is 5.62. The fraction of sp³-hybridized carbons (Fsp3) is 0.333. The minimum atomic E-state index is -2.47. The summed E-state index contributed by atoms with van der Waals surface area (Å²) < 4.78 is -2.47. The van der Waals surface area contributed by atoms with Gasteiger partial charge >= 0.3 is 0 Å². The van der Waals surface area contributed by atoms with Crippen molar-refractivity contribution in [3.63, 3.8) is 0 Å². The van der Waals surface area contributed by atoms with Crippen molar-refractivity contribution >= 4 is 75.1 Å². The predicted octanol–water partition coefficient (Wildman–Crippen LogP) is 4.31. The number of carbonyl (C=O) groups excluding carboxylic acids is 4. The van der Waals surface area contributed by atoms with Crippen molar-refractivity contribution in [3.05, 3.63) is 40.4 Å². The van der Waals surface area contributed by atoms with Crippen molar-refractivity contribution in [2.45, 2.75) is 29.5 Å². The summed E-state index contributed by atoms with van der Waals surface area (Å²) in [5.41, 5.74) is -1.99. The highest BCUT2D eigenvalue weighted by atomic mass is 35.6. The van der Waals surface area contributed by atoms with E-state index in [1.54, 1.807) is 0 Å². The molecular formula is C18H12Cl4O4. The number of rotatable bonds is 2. The molecule has 0 heterocycles. The molecule has 0 amide bonds. The molecule has 0 unspecified atom stereocenters. The maximum absolute atomic E-state index is 13.3. The van der Waals surface area contributed by atoms with Crippen LogP contribution in [0.25, 0.3) is 5.57 Å². The molecule has 2 aliphatic rings. The monoisotopic (exact) mass is 432 g/mol. The molecule has 26 heavy (non-hydrogen) atoms. The van der Waals surface area contributed by atoms with Crippen LogP contribution in [-0.4, -0.2) is 26.9 Å². The van der Waals surface area contributed by atoms with Crippen LogP contribution >= 0.6 is 46.4 Å². The summed E-state index contributed by atoms with van der Waals surface area (Å²) in [5.74, 6) is -3.73. The van der Waals surface area contributed by atoms with Crippen LogP contribution < -0.4 is 0 Å². The van der Waals surface area contributed by atoms with Crippen molar-refractivity contribution in [1.29, 1.82) is 0 Å². The number of carbonyl (C=O) groups is 4. The fourth-order valence-electron chi connectivity index (χ4n) is 3.58. The van der Waals surface area contributed by atoms with Crippen LogP contribution in [0.3, 0.4) is 0 Å². The molecule has 3 rings (SSSR count). The average Bonchev–Trinajstić information content (AvgIpc) is 3.07. The Kier molecular flexibility index (Phi) is 5.08. The average molecular weight is 434 g/mol. The lowest BCUT2D eigenvalue weighted by molar-refractivity contribution is -0.146. The van der Waals surface area contributed by atoms with Gasteiger partial charge in [-0.2, -0.15) is 0 Å². The molecule has 1 spiro atoms. The minimum Gasteiger partial charge on any atom is -0.293 e. The van der Waals surface area contributed by atoms with Gasteiger partial charge in [0.25, 0.3) is 3.79 Å². The van der Waals surface area contributed by atoms with E-state index in [0.29, 0.717) is 17.9 Å². The van der Waals surface area contributed by atoms with Crippen LogP contribution in [0.4, 0.5) is 0 Å². The third kappa shape index (κ3) is 3.03. The molecule has 0 aliphatic heterocycles. The van der Waals surface area contributed by atoms with Gasteiger partial charge in [0.1, 0.15) is 5.41 Å². The number of hydrogen-bond acceptors (Lipinski definition) is 4. The predicted molar refractivity (Wildman–Crippen MR) is 99.6 cm³/mol. The zero-order valence-corrected chi connectivity index (χ0v) is 16.3. The molecule has 1 aromatic carbocycles. The Morgan fingerprint density at radius 2 is 1.46 bits per heavy atom. The van der Waals surface area contributed by atoms with Gasteiger partial charge in [0.05, 0.1) is 5.57 Å². The summed E-state index contributed by atoms with van der Waals surface area (Å²) in [6, 6.07) is 6.01. The SMILES string of the molecule is O=C1C(=O)C2(CCCC2)C(=O)C(c2ccc(Cl)cc2)=C1C(=O)C(Cl)(Cl)Cl. The van der Waals surface area contributed by atoms with Crippen LogP contribution in [0.1, 0.15) is 31.2 Å². The summed E-state index contributed by atoms with van der Waals surface area (Å²) in [4.78, 5) is 51.4. The number of halogens is 4. The second-order valence-electron chi connectivity index (χ2n) is 6.36. The zero-order chi connectivity index (χ0) is 19.3. The molecule has 0 saturated heterocycles. The highest BCUT2D eigenvalue weighted by Crippen LogP contribution is 2.48. The number of benzene rings is 1. The Morgan fingerprint density at radius 3 is 1.96 bits per heavy atom. The molecular weight excluding hydrogens is 422 g/mol. The van der Waals surface area contributed by atoms with E-state index in [1.807, 2.05) is 0 Å². The highest BCUT2D eigenvalue weighted by Gasteiger charge is 2.58. The summed E-state index contributed by atoms with van der Waals surface area (Å²) in [5, 5.41) is 0.407. The van der Waals surface area contributed by atoms with E-state index in [0.717, 1.165) is 0 Å². The highest BCUT2D eigenvalue weighted by molar-refractivity contribution is 6.80. The summed E-state index contributed by atoms with van der Waals surface area (Å²) in [6.07, 6.45) is 1.82. The first-order chi connectivity index (χ1) is 12.1. The van der Waals surface area contributed by atoms with E-state index >= 15 is 0 Å². The van der Waals surface area contributed by atoms with Crippen molar-refractivity contribution in [2.75, 3.05) is 0 Å². The topological polar surface area (TPSA) is 68.3 Å². The minimum absolute atomic E-state index is 0.176. The molecule has 0 bridgehead atoms. The van der Waals surface area contributed by atoms with Crippen LogP contribution in [0.2, 0.25) is 5.02 Å². The summed E-state index contributed by atoms with van der Waals surface area (Å²) in [7, 11) is 0. The molecule has 0 atom stereocenters. The normalized spacial score (nSPS) is 20.2. The quantitative estimate of drug-likeness (QED) is 0.301. The van der Waals surface area contributed by atoms with Crippen LogP contribution in [0.5, 0.6) is 0 Å². The van der Waals surface area contributed by atoms with E-state index in [4.69, 9.17) is 46.4 Å². The third-order valence-electron chi connectivity index (χ3n) is 4.85. The number of alkyl halides is 3. The van der Waals surface area contributed by atoms with Crippen molar-refractivity contribution < 1.29 is 19.2 Å². The Balaban J connectivity index is 2.31. The molecule has 0 aromatic heterocycles. The lowest BCUT2D eigenvalue weighted by atomic mass is 9.66. The molecule has 0 N–H and O–H groups in total. The summed E-state index contributed by atoms with van der Waals surface area (Å²) >= 11 is 22.9. The largest absolute Gasteiger partial charge is 0.293 e. The van der Waals surface area contributed by atoms with E-state index in [1.165, 1.54) is 24.3 Å². The molecule has 136 valence electrons. The molecule has 1 fully saturated rings. The van der Waals surface area contributed by atoms with Gasteiger partial charge in [-0.25, -0.2) is 0 Å². The first-order valence-corrected chi connectivity index (χ1v) is 9.36. The standard InChI is InChI=1S/C18H12Cl4O4/c19-10-5-3-9(4-6-10)11-12(15(25)18(20,21)22)13(23)16(26)17(14(11)24)7-1-2-8-17/h3-6H,1-2,7-8H2. The second-order valence-corrected chi connectivity index (χ2v) is 9.08. The number of hydrogen-bond donors (Lipinski definition) is 0. The number of Topliss-reactive ketones (excluding diaryl/α,β-unsaturated/α-hetero) is 4. The van der Waals surface area contributed by atoms with Gasteiger partial charge < -0.3 is 0 Å². The Labute approximate surface area is 169 Å². The fourth-order valence-corrected chi connectivity index (χ4v) is 3.99. The van der Waals surface area contributed by atoms with E-state index in [-0.39, 0.29) is 24.0 Å². The van der Waals surface area contributed by atoms with Crippen molar-refractivity contribution in [1.82, 2.24) is 0 Å². The van der Waals surface area contributed by atoms with Gasteiger partial charge in [-0.1, -0.05) is 71.4 Å². The molecule has 1 aromatic rings. The van der Waals surface area contributed by atoms with Gasteiger partial charge in [-0.15, -0.1) is 0 Å². The molecule has 8 heteroatoms. The second kappa shape index (κ2) is 6.75. The van der Waals surface area contributed by atoms with Crippen molar-refractivity contribution in [3.8, 4) is 0 Å². The van der Waals surface area contributed by atoms with E-state index < -0.39 is 37.9 Å². The van der Waals surface area contributed by atoms with Gasteiger partial charge in [0.15, 0.2) is 5.78 Å². The van der Waals surface area contributed by atoms with Gasteiger partial charge in [-0.3, -0.25) is 19.2 Å². The molecule has 2 aliphatic carbocycles. The Bertz CT molecular complexity index is 856. The lowest BCUT2D eigenvalue weighted by Gasteiger charge is -2.32. The van der Waals surface area contributed by atoms with Crippen LogP contribution in [0, 0.1) is 5.41 Å². The molecule has 1 saturated carbocycles. The maximum atomic E-state index is 13.3. The zero-order valence-electron chi connectivity index (χ0n) is 13.3. The Hall–Kier alpha value is -1.20. The number of ketones is 4. The first kappa shape index (κ1) is 19.6. The van der Waals surface area contributed by atoms with E-state index in [9.17, 15) is 19.2 Å². The molecule has 0 radical (unpaired) electrons. The number of allylic oxidation sites excluding steroid dienone is 2. The lowest BCUT2D eigenvalue weighted by Crippen LogP contribution is -2.49. The summed E-state index contributed by atoms with van der Waals surface area (Å²) in [6.45, 7) is 0. The smallest absolute Gasteiger partial charge is 0.253 e. The van der Waals surface area contributed by atoms with Crippen LogP contribution in [-0.2, 0) is 19.2 Å².